The van der Waals surface area contributed by atoms with E-state index in [-0.39, 0.29) is 5.56 Å². The maximum atomic E-state index is 12.4. The molecule has 1 N–H and O–H groups in total. The SMILES string of the molecule is COC(=O)c1ccc2c(=O)[nH]c(CSc3ncnc4sc5c(c34)CCC5)nc2c1. The largest absolute Gasteiger partial charge is 0.465 e. The van der Waals surface area contributed by atoms with Gasteiger partial charge in [0.1, 0.15) is 22.0 Å². The number of nitrogens with one attached hydrogen (secondary N) is 1. The van der Waals surface area contributed by atoms with Crippen molar-refractivity contribution in [1.82, 2.24) is 19.9 Å². The Morgan fingerprint density at radius 1 is 1.31 bits per heavy atom. The quantitative estimate of drug-likeness (QED) is 0.304. The van der Waals surface area contributed by atoms with Crippen molar-refractivity contribution in [2.45, 2.75) is 30.0 Å². The number of benzene rings is 1. The molecule has 0 aliphatic heterocycles. The Hall–Kier alpha value is -2.78. The number of nitrogens with zero attached hydrogens (tertiary/aromatic N) is 3. The number of aryl methyl sites for hydroxylation is 2. The third kappa shape index (κ3) is 3.20. The number of esters is 1. The van der Waals surface area contributed by atoms with Crippen LogP contribution in [-0.2, 0) is 23.3 Å². The highest BCUT2D eigenvalue weighted by atomic mass is 32.2. The molecule has 1 aromatic carbocycles. The Morgan fingerprint density at radius 2 is 2.21 bits per heavy atom. The number of carbonyl (C=O) groups is 1. The summed E-state index contributed by atoms with van der Waals surface area (Å²) in [7, 11) is 1.32. The van der Waals surface area contributed by atoms with Crippen LogP contribution in [0.15, 0.2) is 34.3 Å². The van der Waals surface area contributed by atoms with E-state index in [0.29, 0.717) is 28.0 Å². The number of thiophene rings is 1. The summed E-state index contributed by atoms with van der Waals surface area (Å²) in [5.41, 5.74) is 1.97. The van der Waals surface area contributed by atoms with Crippen molar-refractivity contribution in [3.05, 3.63) is 56.7 Å². The van der Waals surface area contributed by atoms with Crippen molar-refractivity contribution in [2.24, 2.45) is 0 Å². The third-order valence-corrected chi connectivity index (χ3v) is 7.19. The second-order valence-corrected chi connectivity index (χ2v) is 8.79. The van der Waals surface area contributed by atoms with Crippen LogP contribution in [0.1, 0.15) is 33.0 Å². The molecule has 0 saturated heterocycles. The fourth-order valence-electron chi connectivity index (χ4n) is 3.65. The number of methoxy groups -OCH3 is 1. The first-order chi connectivity index (χ1) is 14.1. The number of fused-ring (bicyclic) bond motifs is 4. The van der Waals surface area contributed by atoms with Crippen LogP contribution >= 0.6 is 23.1 Å². The van der Waals surface area contributed by atoms with Crippen LogP contribution in [0.2, 0.25) is 0 Å². The topological polar surface area (TPSA) is 97.8 Å². The molecule has 0 atom stereocenters. The molecule has 29 heavy (non-hydrogen) atoms. The second-order valence-electron chi connectivity index (χ2n) is 6.74. The highest BCUT2D eigenvalue weighted by Crippen LogP contribution is 2.40. The van der Waals surface area contributed by atoms with Crippen LogP contribution < -0.4 is 5.56 Å². The summed E-state index contributed by atoms with van der Waals surface area (Å²) in [4.78, 5) is 42.9. The van der Waals surface area contributed by atoms with Crippen LogP contribution in [0.3, 0.4) is 0 Å². The number of hydrogen-bond acceptors (Lipinski definition) is 8. The number of carbonyl (C=O) groups excluding carboxylic acids is 1. The lowest BCUT2D eigenvalue weighted by Crippen LogP contribution is -2.12. The van der Waals surface area contributed by atoms with E-state index < -0.39 is 5.97 Å². The fraction of sp³-hybridized carbons (Fsp3) is 0.250. The molecule has 4 aromatic rings. The summed E-state index contributed by atoms with van der Waals surface area (Å²) in [6, 6.07) is 4.74. The molecule has 3 heterocycles. The molecule has 0 bridgehead atoms. The van der Waals surface area contributed by atoms with Crippen molar-refractivity contribution in [3.63, 3.8) is 0 Å². The van der Waals surface area contributed by atoms with Gasteiger partial charge >= 0.3 is 5.97 Å². The lowest BCUT2D eigenvalue weighted by Gasteiger charge is -2.06. The average molecular weight is 425 g/mol. The number of ether oxygens (including phenoxy) is 1. The summed E-state index contributed by atoms with van der Waals surface area (Å²) in [6.07, 6.45) is 4.95. The van der Waals surface area contributed by atoms with Crippen LogP contribution in [0.5, 0.6) is 0 Å². The zero-order valence-electron chi connectivity index (χ0n) is 15.5. The summed E-state index contributed by atoms with van der Waals surface area (Å²) in [5.74, 6) is 0.539. The van der Waals surface area contributed by atoms with Crippen LogP contribution in [0.4, 0.5) is 0 Å². The van der Waals surface area contributed by atoms with Gasteiger partial charge in [0.25, 0.3) is 5.56 Å². The average Bonchev–Trinajstić information content (AvgIpc) is 3.32. The zero-order valence-corrected chi connectivity index (χ0v) is 17.2. The minimum atomic E-state index is -0.459. The van der Waals surface area contributed by atoms with E-state index in [0.717, 1.165) is 28.1 Å². The molecule has 0 radical (unpaired) electrons. The molecule has 0 fully saturated rings. The molecule has 0 unspecified atom stereocenters. The van der Waals surface area contributed by atoms with E-state index in [1.165, 1.54) is 35.7 Å². The highest BCUT2D eigenvalue weighted by Gasteiger charge is 2.21. The number of aromatic amines is 1. The van der Waals surface area contributed by atoms with Gasteiger partial charge in [-0.3, -0.25) is 4.79 Å². The van der Waals surface area contributed by atoms with E-state index in [2.05, 4.69) is 19.9 Å². The van der Waals surface area contributed by atoms with Crippen LogP contribution in [0.25, 0.3) is 21.1 Å². The van der Waals surface area contributed by atoms with Gasteiger partial charge in [0.05, 0.1) is 29.3 Å². The van der Waals surface area contributed by atoms with Gasteiger partial charge in [0.2, 0.25) is 0 Å². The molecule has 5 rings (SSSR count). The molecule has 146 valence electrons. The normalized spacial score (nSPS) is 13.1. The zero-order chi connectivity index (χ0) is 20.0. The first-order valence-electron chi connectivity index (χ1n) is 9.13. The van der Waals surface area contributed by atoms with Gasteiger partial charge < -0.3 is 9.72 Å². The Kier molecular flexibility index (Phi) is 4.56. The maximum Gasteiger partial charge on any atom is 0.337 e. The number of rotatable bonds is 4. The highest BCUT2D eigenvalue weighted by molar-refractivity contribution is 7.98. The number of H-pyrrole nitrogens is 1. The third-order valence-electron chi connectivity index (χ3n) is 4.99. The Morgan fingerprint density at radius 3 is 3.07 bits per heavy atom. The fourth-order valence-corrected chi connectivity index (χ4v) is 5.84. The molecule has 0 saturated carbocycles. The van der Waals surface area contributed by atoms with Gasteiger partial charge in [0, 0.05) is 10.3 Å². The number of hydrogen-bond donors (Lipinski definition) is 1. The van der Waals surface area contributed by atoms with Crippen molar-refractivity contribution < 1.29 is 9.53 Å². The maximum absolute atomic E-state index is 12.4. The molecule has 0 spiro atoms. The van der Waals surface area contributed by atoms with Crippen LogP contribution in [0, 0.1) is 0 Å². The lowest BCUT2D eigenvalue weighted by atomic mass is 10.1. The van der Waals surface area contributed by atoms with Crippen LogP contribution in [-0.4, -0.2) is 33.0 Å². The monoisotopic (exact) mass is 424 g/mol. The molecular weight excluding hydrogens is 408 g/mol. The summed E-state index contributed by atoms with van der Waals surface area (Å²) < 4.78 is 4.75. The van der Waals surface area contributed by atoms with Crippen molar-refractivity contribution in [1.29, 1.82) is 0 Å². The van der Waals surface area contributed by atoms with Gasteiger partial charge in [-0.2, -0.15) is 0 Å². The van der Waals surface area contributed by atoms with E-state index in [9.17, 15) is 9.59 Å². The second kappa shape index (κ2) is 7.23. The smallest absolute Gasteiger partial charge is 0.337 e. The van der Waals surface area contributed by atoms with E-state index in [4.69, 9.17) is 4.74 Å². The Labute approximate surface area is 173 Å². The standard InChI is InChI=1S/C20H16N4O3S2/c1-27-20(26)10-5-6-11-13(7-10)23-15(24-17(11)25)8-28-18-16-12-3-2-4-14(12)29-19(16)22-9-21-18/h5-7,9H,2-4,8H2,1H3,(H,23,24,25). The minimum absolute atomic E-state index is 0.230. The van der Waals surface area contributed by atoms with Gasteiger partial charge in [-0.05, 0) is 43.0 Å². The molecule has 1 aliphatic rings. The summed E-state index contributed by atoms with van der Waals surface area (Å²) >= 11 is 3.29. The molecule has 7 nitrogen and oxygen atoms in total. The predicted molar refractivity (Wildman–Crippen MR) is 113 cm³/mol. The minimum Gasteiger partial charge on any atom is -0.465 e. The van der Waals surface area contributed by atoms with Gasteiger partial charge in [-0.25, -0.2) is 19.7 Å². The number of thioether (sulfide) groups is 1. The Bertz CT molecular complexity index is 1330. The predicted octanol–water partition coefficient (Wildman–Crippen LogP) is 3.50. The van der Waals surface area contributed by atoms with E-state index >= 15 is 0 Å². The van der Waals surface area contributed by atoms with Crippen molar-refractivity contribution >= 4 is 50.2 Å². The summed E-state index contributed by atoms with van der Waals surface area (Å²) in [6.45, 7) is 0. The lowest BCUT2D eigenvalue weighted by molar-refractivity contribution is 0.0601. The van der Waals surface area contributed by atoms with E-state index in [1.807, 2.05) is 0 Å². The first kappa shape index (κ1) is 18.3. The molecule has 9 heteroatoms. The van der Waals surface area contributed by atoms with E-state index in [1.54, 1.807) is 35.9 Å². The van der Waals surface area contributed by atoms with Gasteiger partial charge in [-0.1, -0.05) is 11.8 Å². The van der Waals surface area contributed by atoms with Crippen molar-refractivity contribution in [2.75, 3.05) is 7.11 Å². The van der Waals surface area contributed by atoms with Gasteiger partial charge in [0.15, 0.2) is 0 Å². The molecular formula is C20H16N4O3S2. The van der Waals surface area contributed by atoms with Crippen molar-refractivity contribution in [3.8, 4) is 0 Å². The first-order valence-corrected chi connectivity index (χ1v) is 10.9. The Balaban J connectivity index is 1.49. The molecule has 1 aliphatic carbocycles. The van der Waals surface area contributed by atoms with Gasteiger partial charge in [-0.15, -0.1) is 11.3 Å². The summed E-state index contributed by atoms with van der Waals surface area (Å²) in [5, 5.41) is 2.50. The number of aromatic nitrogens is 4. The molecule has 0 amide bonds. The molecule has 3 aromatic heterocycles.